The van der Waals surface area contributed by atoms with Crippen molar-refractivity contribution in [2.24, 2.45) is 11.8 Å². The summed E-state index contributed by atoms with van der Waals surface area (Å²) in [6, 6.07) is 0.611. The Morgan fingerprint density at radius 3 is 2.40 bits per heavy atom. The first-order chi connectivity index (χ1) is 7.31. The van der Waals surface area contributed by atoms with Crippen LogP contribution in [0.5, 0.6) is 0 Å². The Morgan fingerprint density at radius 2 is 1.87 bits per heavy atom. The smallest absolute Gasteiger partial charge is 0.0731 e. The van der Waals surface area contributed by atoms with E-state index in [0.29, 0.717) is 12.1 Å². The minimum Gasteiger partial charge on any atom is -0.377 e. The molecule has 2 unspecified atom stereocenters. The molecule has 15 heavy (non-hydrogen) atoms. The zero-order valence-corrected chi connectivity index (χ0v) is 10.2. The van der Waals surface area contributed by atoms with Gasteiger partial charge in [0.05, 0.1) is 6.10 Å². The molecule has 1 saturated carbocycles. The van der Waals surface area contributed by atoms with E-state index in [1.54, 1.807) is 0 Å². The third-order valence-electron chi connectivity index (χ3n) is 4.27. The standard InChI is InChI=1S/C13H25NO/c1-10-5-7-11(8-6-10)13(14-2)12-4-3-9-15-12/h10-14H,3-9H2,1-2H3. The molecule has 1 heterocycles. The molecule has 0 amide bonds. The van der Waals surface area contributed by atoms with Crippen LogP contribution in [0.1, 0.15) is 45.4 Å². The number of nitrogens with one attached hydrogen (secondary N) is 1. The van der Waals surface area contributed by atoms with Crippen LogP contribution in [0, 0.1) is 11.8 Å². The third-order valence-corrected chi connectivity index (χ3v) is 4.27. The Morgan fingerprint density at radius 1 is 1.13 bits per heavy atom. The molecular weight excluding hydrogens is 186 g/mol. The van der Waals surface area contributed by atoms with Crippen LogP contribution >= 0.6 is 0 Å². The van der Waals surface area contributed by atoms with Crippen LogP contribution in [-0.4, -0.2) is 25.8 Å². The number of ether oxygens (including phenoxy) is 1. The highest BCUT2D eigenvalue weighted by Crippen LogP contribution is 2.33. The zero-order chi connectivity index (χ0) is 10.7. The Balaban J connectivity index is 1.88. The van der Waals surface area contributed by atoms with Gasteiger partial charge >= 0.3 is 0 Å². The minimum absolute atomic E-state index is 0.494. The van der Waals surface area contributed by atoms with Crippen LogP contribution < -0.4 is 5.32 Å². The van der Waals surface area contributed by atoms with Crippen molar-refractivity contribution in [2.75, 3.05) is 13.7 Å². The second-order valence-electron chi connectivity index (χ2n) is 5.39. The fourth-order valence-corrected chi connectivity index (χ4v) is 3.26. The Bertz CT molecular complexity index is 181. The molecular formula is C13H25NO. The molecule has 0 radical (unpaired) electrons. The fraction of sp³-hybridized carbons (Fsp3) is 1.00. The molecule has 0 aromatic rings. The number of likely N-dealkylation sites (N-methyl/N-ethyl adjacent to an activating group) is 1. The normalized spacial score (nSPS) is 39.2. The van der Waals surface area contributed by atoms with Crippen LogP contribution in [0.2, 0.25) is 0 Å². The molecule has 0 spiro atoms. The molecule has 1 N–H and O–H groups in total. The van der Waals surface area contributed by atoms with E-state index >= 15 is 0 Å². The largest absolute Gasteiger partial charge is 0.377 e. The molecule has 2 aliphatic rings. The van der Waals surface area contributed by atoms with Crippen LogP contribution in [0.3, 0.4) is 0 Å². The van der Waals surface area contributed by atoms with Crippen LogP contribution in [0.15, 0.2) is 0 Å². The Kier molecular flexibility index (Phi) is 4.04. The summed E-state index contributed by atoms with van der Waals surface area (Å²) in [5.74, 6) is 1.80. The van der Waals surface area contributed by atoms with Gasteiger partial charge in [0.25, 0.3) is 0 Å². The highest BCUT2D eigenvalue weighted by Gasteiger charge is 2.32. The van der Waals surface area contributed by atoms with Gasteiger partial charge in [-0.2, -0.15) is 0 Å². The van der Waals surface area contributed by atoms with Gasteiger partial charge in [-0.15, -0.1) is 0 Å². The minimum atomic E-state index is 0.494. The van der Waals surface area contributed by atoms with Gasteiger partial charge in [0, 0.05) is 12.6 Å². The van der Waals surface area contributed by atoms with Gasteiger partial charge in [-0.3, -0.25) is 0 Å². The van der Waals surface area contributed by atoms with E-state index in [4.69, 9.17) is 4.74 Å². The van der Waals surface area contributed by atoms with E-state index in [2.05, 4.69) is 19.3 Å². The van der Waals surface area contributed by atoms with Crippen molar-refractivity contribution < 1.29 is 4.74 Å². The number of rotatable bonds is 3. The van der Waals surface area contributed by atoms with Gasteiger partial charge in [-0.05, 0) is 44.6 Å². The topological polar surface area (TPSA) is 21.3 Å². The molecule has 1 aliphatic carbocycles. The van der Waals surface area contributed by atoms with Gasteiger partial charge in [-0.25, -0.2) is 0 Å². The average molecular weight is 211 g/mol. The maximum atomic E-state index is 5.82. The predicted molar refractivity (Wildman–Crippen MR) is 62.9 cm³/mol. The van der Waals surface area contributed by atoms with Crippen LogP contribution in [0.4, 0.5) is 0 Å². The average Bonchev–Trinajstić information content (AvgIpc) is 2.75. The SMILES string of the molecule is CNC(C1CCC(C)CC1)C1CCCO1. The van der Waals surface area contributed by atoms with Gasteiger partial charge < -0.3 is 10.1 Å². The molecule has 88 valence electrons. The first-order valence-electron chi connectivity index (χ1n) is 6.60. The molecule has 1 saturated heterocycles. The van der Waals surface area contributed by atoms with E-state index < -0.39 is 0 Å². The van der Waals surface area contributed by atoms with Crippen LogP contribution in [-0.2, 0) is 4.74 Å². The summed E-state index contributed by atoms with van der Waals surface area (Å²) in [4.78, 5) is 0. The Labute approximate surface area is 93.8 Å². The summed E-state index contributed by atoms with van der Waals surface area (Å²) in [6.45, 7) is 3.36. The molecule has 2 nitrogen and oxygen atoms in total. The number of hydrogen-bond donors (Lipinski definition) is 1. The molecule has 2 heteroatoms. The van der Waals surface area contributed by atoms with Gasteiger partial charge in [-0.1, -0.05) is 19.8 Å². The first-order valence-corrected chi connectivity index (χ1v) is 6.60. The second kappa shape index (κ2) is 5.31. The van der Waals surface area contributed by atoms with E-state index in [1.807, 2.05) is 0 Å². The van der Waals surface area contributed by atoms with Crippen molar-refractivity contribution in [3.8, 4) is 0 Å². The fourth-order valence-electron chi connectivity index (χ4n) is 3.26. The maximum absolute atomic E-state index is 5.82. The second-order valence-corrected chi connectivity index (χ2v) is 5.39. The van der Waals surface area contributed by atoms with E-state index in [0.717, 1.165) is 18.4 Å². The lowest BCUT2D eigenvalue weighted by atomic mass is 9.77. The number of hydrogen-bond acceptors (Lipinski definition) is 2. The molecule has 1 aliphatic heterocycles. The van der Waals surface area contributed by atoms with Crippen molar-refractivity contribution in [1.82, 2.24) is 5.32 Å². The lowest BCUT2D eigenvalue weighted by Gasteiger charge is -2.35. The molecule has 0 bridgehead atoms. The lowest BCUT2D eigenvalue weighted by molar-refractivity contribution is 0.0492. The van der Waals surface area contributed by atoms with Crippen molar-refractivity contribution in [1.29, 1.82) is 0 Å². The summed E-state index contributed by atoms with van der Waals surface area (Å²) in [7, 11) is 2.10. The quantitative estimate of drug-likeness (QED) is 0.774. The van der Waals surface area contributed by atoms with Crippen molar-refractivity contribution in [3.05, 3.63) is 0 Å². The summed E-state index contributed by atoms with van der Waals surface area (Å²) < 4.78 is 5.82. The highest BCUT2D eigenvalue weighted by atomic mass is 16.5. The summed E-state index contributed by atoms with van der Waals surface area (Å²) in [5.41, 5.74) is 0. The summed E-state index contributed by atoms with van der Waals surface area (Å²) >= 11 is 0. The molecule has 2 fully saturated rings. The highest BCUT2D eigenvalue weighted by molar-refractivity contribution is 4.87. The van der Waals surface area contributed by atoms with Gasteiger partial charge in [0.2, 0.25) is 0 Å². The Hall–Kier alpha value is -0.0800. The maximum Gasteiger partial charge on any atom is 0.0731 e. The lowest BCUT2D eigenvalue weighted by Crippen LogP contribution is -2.44. The van der Waals surface area contributed by atoms with Crippen molar-refractivity contribution in [3.63, 3.8) is 0 Å². The first kappa shape index (κ1) is 11.4. The molecule has 0 aromatic heterocycles. The van der Waals surface area contributed by atoms with E-state index in [-0.39, 0.29) is 0 Å². The van der Waals surface area contributed by atoms with Gasteiger partial charge in [0.15, 0.2) is 0 Å². The predicted octanol–water partition coefficient (Wildman–Crippen LogP) is 2.58. The molecule has 0 aromatic carbocycles. The molecule has 2 rings (SSSR count). The summed E-state index contributed by atoms with van der Waals surface area (Å²) in [6.07, 6.45) is 8.63. The summed E-state index contributed by atoms with van der Waals surface area (Å²) in [5, 5.41) is 3.50. The van der Waals surface area contributed by atoms with E-state index in [1.165, 1.54) is 38.5 Å². The van der Waals surface area contributed by atoms with Crippen molar-refractivity contribution >= 4 is 0 Å². The van der Waals surface area contributed by atoms with Crippen LogP contribution in [0.25, 0.3) is 0 Å². The van der Waals surface area contributed by atoms with Crippen molar-refractivity contribution in [2.45, 2.75) is 57.6 Å². The third kappa shape index (κ3) is 2.73. The van der Waals surface area contributed by atoms with E-state index in [9.17, 15) is 0 Å². The molecule has 2 atom stereocenters. The van der Waals surface area contributed by atoms with Gasteiger partial charge in [0.1, 0.15) is 0 Å². The monoisotopic (exact) mass is 211 g/mol. The zero-order valence-electron chi connectivity index (χ0n) is 10.2.